The van der Waals surface area contributed by atoms with Crippen molar-refractivity contribution < 1.29 is 9.53 Å². The molecule has 1 saturated carbocycles. The molecule has 0 spiro atoms. The van der Waals surface area contributed by atoms with Crippen molar-refractivity contribution >= 4 is 17.7 Å². The number of aromatic nitrogens is 2. The maximum absolute atomic E-state index is 11.8. The van der Waals surface area contributed by atoms with Gasteiger partial charge in [-0.05, 0) is 42.9 Å². The molecule has 1 aromatic heterocycles. The topological polar surface area (TPSA) is 50.6 Å². The monoisotopic (exact) mass is 406 g/mol. The number of carbonyl (C=O) groups is 1. The molecule has 2 aliphatic heterocycles. The third kappa shape index (κ3) is 3.65. The predicted octanol–water partition coefficient (Wildman–Crippen LogP) is 3.09. The molecule has 6 nitrogen and oxygen atoms in total. The molecule has 0 N–H and O–H groups in total. The van der Waals surface area contributed by atoms with Gasteiger partial charge in [-0.15, -0.1) is 0 Å². The second-order valence-electron chi connectivity index (χ2n) is 8.66. The Bertz CT molecular complexity index is 934. The van der Waals surface area contributed by atoms with Crippen LogP contribution in [0.5, 0.6) is 0 Å². The van der Waals surface area contributed by atoms with Gasteiger partial charge in [0.05, 0.1) is 18.7 Å². The van der Waals surface area contributed by atoms with Crippen LogP contribution in [0.25, 0.3) is 11.8 Å². The summed E-state index contributed by atoms with van der Waals surface area (Å²) in [6.45, 7) is 5.02. The number of ether oxygens (including phenoxy) is 1. The van der Waals surface area contributed by atoms with E-state index in [1.54, 1.807) is 0 Å². The van der Waals surface area contributed by atoms with E-state index in [0.29, 0.717) is 6.04 Å². The predicted molar refractivity (Wildman–Crippen MR) is 117 cm³/mol. The summed E-state index contributed by atoms with van der Waals surface area (Å²) in [6, 6.07) is 9.24. The van der Waals surface area contributed by atoms with Crippen LogP contribution in [0.1, 0.15) is 42.6 Å². The summed E-state index contributed by atoms with van der Waals surface area (Å²) in [6.07, 6.45) is 10.4. The maximum atomic E-state index is 11.8. The summed E-state index contributed by atoms with van der Waals surface area (Å²) in [4.78, 5) is 21.6. The highest BCUT2D eigenvalue weighted by Crippen LogP contribution is 2.31. The average molecular weight is 407 g/mol. The van der Waals surface area contributed by atoms with Crippen molar-refractivity contribution in [3.8, 4) is 0 Å². The molecule has 158 valence electrons. The van der Waals surface area contributed by atoms with E-state index in [4.69, 9.17) is 9.72 Å². The third-order valence-electron chi connectivity index (χ3n) is 7.04. The SMILES string of the molecule is COC(=O)C1CCC(N2CCN(C3=Cc4ccccc4Cn4ccnc43)CC2)CC1. The van der Waals surface area contributed by atoms with Gasteiger partial charge < -0.3 is 14.2 Å². The molecule has 1 aliphatic carbocycles. The highest BCUT2D eigenvalue weighted by Gasteiger charge is 2.32. The fraction of sp³-hybridized carbons (Fsp3) is 0.500. The number of methoxy groups -OCH3 is 1. The Morgan fingerprint density at radius 3 is 2.60 bits per heavy atom. The maximum Gasteiger partial charge on any atom is 0.308 e. The largest absolute Gasteiger partial charge is 0.469 e. The fourth-order valence-electron chi connectivity index (χ4n) is 5.29. The highest BCUT2D eigenvalue weighted by molar-refractivity contribution is 5.80. The van der Waals surface area contributed by atoms with Crippen molar-refractivity contribution in [1.82, 2.24) is 19.4 Å². The van der Waals surface area contributed by atoms with Crippen LogP contribution in [-0.4, -0.2) is 64.7 Å². The molecule has 5 rings (SSSR count). The van der Waals surface area contributed by atoms with E-state index in [0.717, 1.165) is 64.2 Å². The van der Waals surface area contributed by atoms with Gasteiger partial charge in [0.2, 0.25) is 0 Å². The molecule has 2 aromatic rings. The number of piperazine rings is 1. The van der Waals surface area contributed by atoms with Crippen LogP contribution in [0.2, 0.25) is 0 Å². The van der Waals surface area contributed by atoms with E-state index in [1.165, 1.54) is 23.9 Å². The number of rotatable bonds is 3. The molecule has 30 heavy (non-hydrogen) atoms. The van der Waals surface area contributed by atoms with Gasteiger partial charge in [0, 0.05) is 51.2 Å². The Morgan fingerprint density at radius 2 is 1.83 bits per heavy atom. The number of fused-ring (bicyclic) bond motifs is 2. The molecular formula is C24H30N4O2. The number of hydrogen-bond donors (Lipinski definition) is 0. The Kier molecular flexibility index (Phi) is 5.34. The normalized spacial score (nSPS) is 24.4. The number of hydrogen-bond acceptors (Lipinski definition) is 5. The molecule has 3 aliphatic rings. The summed E-state index contributed by atoms with van der Waals surface area (Å²) in [5, 5.41) is 0. The quantitative estimate of drug-likeness (QED) is 0.733. The van der Waals surface area contributed by atoms with E-state index in [2.05, 4.69) is 50.9 Å². The third-order valence-corrected chi connectivity index (χ3v) is 7.04. The highest BCUT2D eigenvalue weighted by atomic mass is 16.5. The minimum Gasteiger partial charge on any atom is -0.469 e. The van der Waals surface area contributed by atoms with E-state index >= 15 is 0 Å². The van der Waals surface area contributed by atoms with Crippen molar-refractivity contribution in [2.45, 2.75) is 38.3 Å². The minimum absolute atomic E-state index is 0.0330. The zero-order chi connectivity index (χ0) is 20.5. The van der Waals surface area contributed by atoms with Gasteiger partial charge in [-0.3, -0.25) is 9.69 Å². The Morgan fingerprint density at radius 1 is 1.07 bits per heavy atom. The Balaban J connectivity index is 1.27. The summed E-state index contributed by atoms with van der Waals surface area (Å²) < 4.78 is 7.20. The van der Waals surface area contributed by atoms with Gasteiger partial charge in [-0.1, -0.05) is 24.3 Å². The lowest BCUT2D eigenvalue weighted by molar-refractivity contribution is -0.147. The Hall–Kier alpha value is -2.60. The van der Waals surface area contributed by atoms with Crippen LogP contribution in [0, 0.1) is 5.92 Å². The summed E-state index contributed by atoms with van der Waals surface area (Å²) in [7, 11) is 1.50. The van der Waals surface area contributed by atoms with Crippen molar-refractivity contribution in [3.05, 3.63) is 53.6 Å². The molecule has 0 radical (unpaired) electrons. The number of esters is 1. The Labute approximate surface area is 178 Å². The van der Waals surface area contributed by atoms with Crippen LogP contribution in [0.15, 0.2) is 36.7 Å². The van der Waals surface area contributed by atoms with Gasteiger partial charge in [0.1, 0.15) is 0 Å². The standard InChI is InChI=1S/C24H30N4O2/c1-30-24(29)18-6-8-21(9-7-18)26-12-14-27(15-13-26)22-16-19-4-2-3-5-20(19)17-28-11-10-25-23(22)28/h2-5,10-11,16,18,21H,6-9,12-15,17H2,1H3. The van der Waals surface area contributed by atoms with E-state index < -0.39 is 0 Å². The second kappa shape index (κ2) is 8.26. The van der Waals surface area contributed by atoms with E-state index in [-0.39, 0.29) is 11.9 Å². The molecule has 0 atom stereocenters. The lowest BCUT2D eigenvalue weighted by atomic mass is 9.85. The first kappa shape index (κ1) is 19.4. The lowest BCUT2D eigenvalue weighted by Crippen LogP contribution is -2.50. The van der Waals surface area contributed by atoms with Crippen LogP contribution in [-0.2, 0) is 16.1 Å². The van der Waals surface area contributed by atoms with Crippen LogP contribution in [0.4, 0.5) is 0 Å². The van der Waals surface area contributed by atoms with Crippen LogP contribution in [0.3, 0.4) is 0 Å². The first-order chi connectivity index (χ1) is 14.7. The molecule has 0 unspecified atom stereocenters. The number of benzene rings is 1. The molecule has 1 saturated heterocycles. The first-order valence-corrected chi connectivity index (χ1v) is 11.1. The minimum atomic E-state index is -0.0330. The summed E-state index contributed by atoms with van der Waals surface area (Å²) >= 11 is 0. The van der Waals surface area contributed by atoms with Gasteiger partial charge in [0.25, 0.3) is 0 Å². The average Bonchev–Trinajstić information content (AvgIpc) is 3.20. The van der Waals surface area contributed by atoms with Gasteiger partial charge in [-0.25, -0.2) is 4.98 Å². The van der Waals surface area contributed by atoms with Crippen LogP contribution >= 0.6 is 0 Å². The van der Waals surface area contributed by atoms with E-state index in [1.807, 2.05) is 6.20 Å². The van der Waals surface area contributed by atoms with Gasteiger partial charge >= 0.3 is 5.97 Å². The number of carbonyl (C=O) groups excluding carboxylic acids is 1. The fourth-order valence-corrected chi connectivity index (χ4v) is 5.29. The smallest absolute Gasteiger partial charge is 0.308 e. The zero-order valence-corrected chi connectivity index (χ0v) is 17.7. The molecule has 0 bridgehead atoms. The molecule has 2 fully saturated rings. The van der Waals surface area contributed by atoms with Crippen LogP contribution < -0.4 is 0 Å². The molecular weight excluding hydrogens is 376 g/mol. The van der Waals surface area contributed by atoms with Crippen molar-refractivity contribution in [1.29, 1.82) is 0 Å². The zero-order valence-electron chi connectivity index (χ0n) is 17.7. The molecule has 0 amide bonds. The summed E-state index contributed by atoms with van der Waals surface area (Å²) in [5.74, 6) is 1.13. The van der Waals surface area contributed by atoms with E-state index in [9.17, 15) is 4.79 Å². The number of imidazole rings is 1. The van der Waals surface area contributed by atoms with Crippen molar-refractivity contribution in [3.63, 3.8) is 0 Å². The molecule has 1 aromatic carbocycles. The molecule has 6 heteroatoms. The van der Waals surface area contributed by atoms with Crippen molar-refractivity contribution in [2.75, 3.05) is 33.3 Å². The number of nitrogens with zero attached hydrogens (tertiary/aromatic N) is 4. The van der Waals surface area contributed by atoms with Gasteiger partial charge in [-0.2, -0.15) is 0 Å². The second-order valence-corrected chi connectivity index (χ2v) is 8.66. The van der Waals surface area contributed by atoms with Gasteiger partial charge in [0.15, 0.2) is 5.82 Å². The summed E-state index contributed by atoms with van der Waals surface area (Å²) in [5.41, 5.74) is 3.87. The first-order valence-electron chi connectivity index (χ1n) is 11.1. The molecule has 3 heterocycles. The van der Waals surface area contributed by atoms with Crippen molar-refractivity contribution in [2.24, 2.45) is 5.92 Å². The lowest BCUT2D eigenvalue weighted by Gasteiger charge is -2.42.